The third-order valence-corrected chi connectivity index (χ3v) is 2.43. The van der Waals surface area contributed by atoms with Gasteiger partial charge in [0.05, 0.1) is 5.60 Å². The van der Waals surface area contributed by atoms with Crippen LogP contribution in [0.15, 0.2) is 0 Å². The first-order chi connectivity index (χ1) is 5.12. The second-order valence-electron chi connectivity index (χ2n) is 3.94. The fourth-order valence-electron chi connectivity index (χ4n) is 1.43. The number of rotatable bonds is 4. The predicted octanol–water partition coefficient (Wildman–Crippen LogP) is 1.29. The highest BCUT2D eigenvalue weighted by atomic mass is 16.3. The van der Waals surface area contributed by atoms with Crippen molar-refractivity contribution in [2.45, 2.75) is 51.2 Å². The van der Waals surface area contributed by atoms with Gasteiger partial charge in [-0.25, -0.2) is 0 Å². The summed E-state index contributed by atoms with van der Waals surface area (Å²) in [7, 11) is 0. The van der Waals surface area contributed by atoms with Gasteiger partial charge in [0.25, 0.3) is 0 Å². The summed E-state index contributed by atoms with van der Waals surface area (Å²) in [4.78, 5) is 0. The molecule has 1 aliphatic rings. The lowest BCUT2D eigenvalue weighted by Crippen LogP contribution is -2.40. The molecule has 2 N–H and O–H groups in total. The van der Waals surface area contributed by atoms with E-state index in [0.29, 0.717) is 6.04 Å². The molecular weight excluding hydrogens is 138 g/mol. The van der Waals surface area contributed by atoms with Crippen LogP contribution in [0, 0.1) is 0 Å². The molecule has 0 unspecified atom stereocenters. The molecule has 0 amide bonds. The van der Waals surface area contributed by atoms with Crippen molar-refractivity contribution in [3.8, 4) is 0 Å². The Balaban J connectivity index is 2.02. The molecule has 0 heterocycles. The second kappa shape index (κ2) is 3.55. The monoisotopic (exact) mass is 157 g/mol. The van der Waals surface area contributed by atoms with Gasteiger partial charge in [-0.2, -0.15) is 0 Å². The van der Waals surface area contributed by atoms with Crippen LogP contribution in [0.2, 0.25) is 0 Å². The molecule has 0 bridgehead atoms. The van der Waals surface area contributed by atoms with Gasteiger partial charge >= 0.3 is 0 Å². The largest absolute Gasteiger partial charge is 0.390 e. The Morgan fingerprint density at radius 3 is 2.45 bits per heavy atom. The molecular formula is C9H19NO. The summed E-state index contributed by atoms with van der Waals surface area (Å²) in [5.74, 6) is 0. The minimum Gasteiger partial charge on any atom is -0.390 e. The van der Waals surface area contributed by atoms with Gasteiger partial charge in [-0.15, -0.1) is 0 Å². The van der Waals surface area contributed by atoms with E-state index in [1.807, 2.05) is 0 Å². The first kappa shape index (κ1) is 9.01. The average molecular weight is 157 g/mol. The van der Waals surface area contributed by atoms with Crippen molar-refractivity contribution >= 4 is 0 Å². The number of aliphatic hydroxyl groups is 1. The summed E-state index contributed by atoms with van der Waals surface area (Å²) in [6, 6.07) is 0.540. The molecule has 1 aliphatic carbocycles. The van der Waals surface area contributed by atoms with E-state index in [1.54, 1.807) is 0 Å². The van der Waals surface area contributed by atoms with Crippen molar-refractivity contribution in [2.75, 3.05) is 6.54 Å². The molecule has 0 radical (unpaired) electrons. The van der Waals surface area contributed by atoms with Gasteiger partial charge in [0.2, 0.25) is 0 Å². The summed E-state index contributed by atoms with van der Waals surface area (Å²) >= 11 is 0. The van der Waals surface area contributed by atoms with Gasteiger partial charge in [0.1, 0.15) is 0 Å². The SMILES string of the molecule is CC(C)NCCC1(O)CCC1. The Kier molecular flexibility index (Phi) is 2.90. The first-order valence-electron chi connectivity index (χ1n) is 4.58. The first-order valence-corrected chi connectivity index (χ1v) is 4.58. The van der Waals surface area contributed by atoms with E-state index >= 15 is 0 Å². The van der Waals surface area contributed by atoms with E-state index in [1.165, 1.54) is 6.42 Å². The second-order valence-corrected chi connectivity index (χ2v) is 3.94. The third-order valence-electron chi connectivity index (χ3n) is 2.43. The van der Waals surface area contributed by atoms with Crippen LogP contribution in [0.5, 0.6) is 0 Å². The van der Waals surface area contributed by atoms with Crippen molar-refractivity contribution in [3.05, 3.63) is 0 Å². The van der Waals surface area contributed by atoms with Crippen LogP contribution in [0.25, 0.3) is 0 Å². The third kappa shape index (κ3) is 2.80. The van der Waals surface area contributed by atoms with E-state index < -0.39 is 0 Å². The van der Waals surface area contributed by atoms with Gasteiger partial charge in [0, 0.05) is 6.04 Å². The molecule has 0 aromatic rings. The van der Waals surface area contributed by atoms with E-state index in [2.05, 4.69) is 19.2 Å². The summed E-state index contributed by atoms with van der Waals surface area (Å²) < 4.78 is 0. The van der Waals surface area contributed by atoms with E-state index in [9.17, 15) is 5.11 Å². The molecule has 0 spiro atoms. The van der Waals surface area contributed by atoms with Crippen LogP contribution in [-0.4, -0.2) is 23.3 Å². The molecule has 2 nitrogen and oxygen atoms in total. The molecule has 0 saturated heterocycles. The highest BCUT2D eigenvalue weighted by Crippen LogP contribution is 2.33. The number of hydrogen-bond acceptors (Lipinski definition) is 2. The van der Waals surface area contributed by atoms with Crippen molar-refractivity contribution in [3.63, 3.8) is 0 Å². The lowest BCUT2D eigenvalue weighted by molar-refractivity contribution is -0.0397. The summed E-state index contributed by atoms with van der Waals surface area (Å²) in [5.41, 5.74) is -0.304. The molecule has 1 saturated carbocycles. The average Bonchev–Trinajstić information content (AvgIpc) is 1.83. The highest BCUT2D eigenvalue weighted by molar-refractivity contribution is 4.87. The zero-order valence-electron chi connectivity index (χ0n) is 7.56. The molecule has 0 aromatic carbocycles. The van der Waals surface area contributed by atoms with Crippen molar-refractivity contribution in [2.24, 2.45) is 0 Å². The van der Waals surface area contributed by atoms with Gasteiger partial charge in [-0.05, 0) is 32.2 Å². The maximum Gasteiger partial charge on any atom is 0.0660 e. The van der Waals surface area contributed by atoms with Crippen LogP contribution in [0.3, 0.4) is 0 Å². The quantitative estimate of drug-likeness (QED) is 0.644. The predicted molar refractivity (Wildman–Crippen MR) is 46.6 cm³/mol. The minimum atomic E-state index is -0.304. The fraction of sp³-hybridized carbons (Fsp3) is 1.00. The van der Waals surface area contributed by atoms with Gasteiger partial charge in [-0.1, -0.05) is 13.8 Å². The number of hydrogen-bond donors (Lipinski definition) is 2. The van der Waals surface area contributed by atoms with Crippen molar-refractivity contribution in [1.82, 2.24) is 5.32 Å². The van der Waals surface area contributed by atoms with Crippen LogP contribution in [-0.2, 0) is 0 Å². The van der Waals surface area contributed by atoms with Crippen molar-refractivity contribution in [1.29, 1.82) is 0 Å². The smallest absolute Gasteiger partial charge is 0.0660 e. The van der Waals surface area contributed by atoms with Crippen LogP contribution in [0.1, 0.15) is 39.5 Å². The molecule has 66 valence electrons. The Bertz CT molecular complexity index is 119. The molecule has 2 heteroatoms. The lowest BCUT2D eigenvalue weighted by atomic mass is 9.78. The van der Waals surface area contributed by atoms with E-state index in [4.69, 9.17) is 0 Å². The molecule has 1 rings (SSSR count). The summed E-state index contributed by atoms with van der Waals surface area (Å²) in [6.07, 6.45) is 4.14. The molecule has 0 atom stereocenters. The summed E-state index contributed by atoms with van der Waals surface area (Å²) in [5, 5.41) is 13.0. The molecule has 1 fully saturated rings. The van der Waals surface area contributed by atoms with Crippen LogP contribution < -0.4 is 5.32 Å². The maximum absolute atomic E-state index is 9.68. The normalized spacial score (nSPS) is 21.8. The van der Waals surface area contributed by atoms with Gasteiger partial charge in [0.15, 0.2) is 0 Å². The van der Waals surface area contributed by atoms with Gasteiger partial charge in [-0.3, -0.25) is 0 Å². The van der Waals surface area contributed by atoms with Gasteiger partial charge < -0.3 is 10.4 Å². The fourth-order valence-corrected chi connectivity index (χ4v) is 1.43. The standard InChI is InChI=1S/C9H19NO/c1-8(2)10-7-6-9(11)4-3-5-9/h8,10-11H,3-7H2,1-2H3. The highest BCUT2D eigenvalue weighted by Gasteiger charge is 2.33. The Morgan fingerprint density at radius 2 is 2.09 bits per heavy atom. The number of nitrogens with one attached hydrogen (secondary N) is 1. The van der Waals surface area contributed by atoms with E-state index in [0.717, 1.165) is 25.8 Å². The zero-order chi connectivity index (χ0) is 8.32. The van der Waals surface area contributed by atoms with Crippen LogP contribution >= 0.6 is 0 Å². The maximum atomic E-state index is 9.68. The van der Waals surface area contributed by atoms with Crippen LogP contribution in [0.4, 0.5) is 0 Å². The Labute approximate surface area is 69.0 Å². The lowest BCUT2D eigenvalue weighted by Gasteiger charge is -2.36. The zero-order valence-corrected chi connectivity index (χ0v) is 7.56. The van der Waals surface area contributed by atoms with Crippen molar-refractivity contribution < 1.29 is 5.11 Å². The minimum absolute atomic E-state index is 0.304. The Hall–Kier alpha value is -0.0800. The molecule has 0 aliphatic heterocycles. The Morgan fingerprint density at radius 1 is 1.45 bits per heavy atom. The topological polar surface area (TPSA) is 32.3 Å². The molecule has 0 aromatic heterocycles. The van der Waals surface area contributed by atoms with E-state index in [-0.39, 0.29) is 5.60 Å². The molecule has 11 heavy (non-hydrogen) atoms. The summed E-state index contributed by atoms with van der Waals surface area (Å²) in [6.45, 7) is 5.21.